The summed E-state index contributed by atoms with van der Waals surface area (Å²) in [6.07, 6.45) is 1.36. The summed E-state index contributed by atoms with van der Waals surface area (Å²) in [6, 6.07) is 14.9. The Kier molecular flexibility index (Phi) is 4.74. The molecule has 28 heavy (non-hydrogen) atoms. The number of rotatable bonds is 4. The monoisotopic (exact) mass is 441 g/mol. The second-order valence-electron chi connectivity index (χ2n) is 5.99. The van der Waals surface area contributed by atoms with Crippen molar-refractivity contribution in [2.24, 2.45) is 0 Å². The summed E-state index contributed by atoms with van der Waals surface area (Å²) in [5.74, 6) is -1.11. The van der Waals surface area contributed by atoms with Crippen LogP contribution < -0.4 is 10.9 Å². The molecule has 0 radical (unpaired) electrons. The lowest BCUT2D eigenvalue weighted by Crippen LogP contribution is -2.30. The number of carbonyl (C=O) groups is 1. The second kappa shape index (κ2) is 7.35. The lowest BCUT2D eigenvalue weighted by molar-refractivity contribution is -0.117. The van der Waals surface area contributed by atoms with E-state index in [1.807, 2.05) is 24.3 Å². The standard InChI is InChI=1S/C19H13BrFN5O2/c20-13-7-5-12(6-8-13)16-9-17-19(28)25(22-11-26(17)24-16)10-18(27)23-15-4-2-1-3-14(15)21/h1-9,11H,10H2,(H,23,27). The van der Waals surface area contributed by atoms with Crippen molar-refractivity contribution < 1.29 is 9.18 Å². The van der Waals surface area contributed by atoms with Crippen molar-refractivity contribution >= 4 is 33.0 Å². The Hall–Kier alpha value is -3.33. The smallest absolute Gasteiger partial charge is 0.293 e. The summed E-state index contributed by atoms with van der Waals surface area (Å²) in [6.45, 7) is -0.345. The van der Waals surface area contributed by atoms with Gasteiger partial charge in [-0.1, -0.05) is 40.2 Å². The zero-order valence-electron chi connectivity index (χ0n) is 14.3. The maximum Gasteiger partial charge on any atom is 0.293 e. The second-order valence-corrected chi connectivity index (χ2v) is 6.90. The van der Waals surface area contributed by atoms with Crippen LogP contribution >= 0.6 is 15.9 Å². The number of benzene rings is 2. The zero-order chi connectivity index (χ0) is 19.7. The van der Waals surface area contributed by atoms with E-state index in [0.717, 1.165) is 14.7 Å². The van der Waals surface area contributed by atoms with E-state index >= 15 is 0 Å². The maximum atomic E-state index is 13.7. The number of fused-ring (bicyclic) bond motifs is 1. The van der Waals surface area contributed by atoms with Crippen molar-refractivity contribution in [1.82, 2.24) is 19.4 Å². The number of nitrogens with one attached hydrogen (secondary N) is 1. The van der Waals surface area contributed by atoms with Gasteiger partial charge >= 0.3 is 0 Å². The van der Waals surface area contributed by atoms with Crippen LogP contribution in [-0.2, 0) is 11.3 Å². The van der Waals surface area contributed by atoms with E-state index in [1.165, 1.54) is 29.0 Å². The van der Waals surface area contributed by atoms with Gasteiger partial charge in [0.25, 0.3) is 5.56 Å². The lowest BCUT2D eigenvalue weighted by Gasteiger charge is -2.07. The molecule has 0 aliphatic heterocycles. The van der Waals surface area contributed by atoms with Gasteiger partial charge in [0.1, 0.15) is 24.2 Å². The number of nitrogens with zero attached hydrogens (tertiary/aromatic N) is 4. The highest BCUT2D eigenvalue weighted by Crippen LogP contribution is 2.20. The number of carbonyl (C=O) groups excluding carboxylic acids is 1. The highest BCUT2D eigenvalue weighted by Gasteiger charge is 2.13. The van der Waals surface area contributed by atoms with E-state index in [9.17, 15) is 14.0 Å². The molecule has 4 rings (SSSR count). The Balaban J connectivity index is 1.61. The molecule has 0 saturated heterocycles. The fourth-order valence-corrected chi connectivity index (χ4v) is 2.97. The number of aromatic nitrogens is 4. The van der Waals surface area contributed by atoms with Gasteiger partial charge in [0.15, 0.2) is 0 Å². The van der Waals surface area contributed by atoms with Gasteiger partial charge in [-0.05, 0) is 30.3 Å². The normalized spacial score (nSPS) is 10.9. The minimum absolute atomic E-state index is 0.0449. The van der Waals surface area contributed by atoms with Gasteiger partial charge in [0.2, 0.25) is 5.91 Å². The third kappa shape index (κ3) is 3.56. The number of anilines is 1. The Bertz CT molecular complexity index is 1230. The molecular formula is C19H13BrFN5O2. The van der Waals surface area contributed by atoms with Crippen LogP contribution in [0.3, 0.4) is 0 Å². The molecule has 0 aliphatic carbocycles. The molecule has 9 heteroatoms. The molecule has 1 amide bonds. The molecular weight excluding hydrogens is 429 g/mol. The Morgan fingerprint density at radius 1 is 1.14 bits per heavy atom. The topological polar surface area (TPSA) is 81.3 Å². The summed E-state index contributed by atoms with van der Waals surface area (Å²) < 4.78 is 17.0. The van der Waals surface area contributed by atoms with E-state index in [0.29, 0.717) is 5.69 Å². The third-order valence-electron chi connectivity index (χ3n) is 4.07. The molecule has 4 aromatic rings. The average Bonchev–Trinajstić information content (AvgIpc) is 3.12. The number of halogens is 2. The van der Waals surface area contributed by atoms with Crippen LogP contribution in [0, 0.1) is 5.82 Å². The molecule has 2 aromatic carbocycles. The molecule has 2 heterocycles. The maximum absolute atomic E-state index is 13.7. The highest BCUT2D eigenvalue weighted by molar-refractivity contribution is 9.10. The van der Waals surface area contributed by atoms with Gasteiger partial charge in [0, 0.05) is 10.0 Å². The summed E-state index contributed by atoms with van der Waals surface area (Å²) in [7, 11) is 0. The average molecular weight is 442 g/mol. The van der Waals surface area contributed by atoms with Crippen molar-refractivity contribution in [1.29, 1.82) is 0 Å². The van der Waals surface area contributed by atoms with Gasteiger partial charge in [-0.25, -0.2) is 13.6 Å². The summed E-state index contributed by atoms with van der Waals surface area (Å²) in [5, 5.41) is 10.8. The van der Waals surface area contributed by atoms with E-state index < -0.39 is 17.3 Å². The minimum atomic E-state index is -0.559. The molecule has 140 valence electrons. The lowest BCUT2D eigenvalue weighted by atomic mass is 10.1. The van der Waals surface area contributed by atoms with Crippen LogP contribution in [0.15, 0.2) is 70.2 Å². The van der Waals surface area contributed by atoms with Crippen molar-refractivity contribution in [3.63, 3.8) is 0 Å². The van der Waals surface area contributed by atoms with Crippen LogP contribution in [0.2, 0.25) is 0 Å². The van der Waals surface area contributed by atoms with Crippen LogP contribution in [0.4, 0.5) is 10.1 Å². The fraction of sp³-hybridized carbons (Fsp3) is 0.0526. The largest absolute Gasteiger partial charge is 0.322 e. The SMILES string of the molecule is O=C(Cn1ncn2nc(-c3ccc(Br)cc3)cc2c1=O)Nc1ccccc1F. The van der Waals surface area contributed by atoms with Crippen molar-refractivity contribution in [3.8, 4) is 11.3 Å². The van der Waals surface area contributed by atoms with Crippen LogP contribution in [0.25, 0.3) is 16.8 Å². The van der Waals surface area contributed by atoms with Crippen molar-refractivity contribution in [3.05, 3.63) is 81.6 Å². The zero-order valence-corrected chi connectivity index (χ0v) is 15.9. The molecule has 0 saturated carbocycles. The van der Waals surface area contributed by atoms with E-state index in [2.05, 4.69) is 31.4 Å². The molecule has 0 aliphatic rings. The first kappa shape index (κ1) is 18.1. The number of hydrogen-bond donors (Lipinski definition) is 1. The molecule has 7 nitrogen and oxygen atoms in total. The third-order valence-corrected chi connectivity index (χ3v) is 4.60. The summed E-state index contributed by atoms with van der Waals surface area (Å²) >= 11 is 3.37. The predicted octanol–water partition coefficient (Wildman–Crippen LogP) is 3.10. The molecule has 0 fully saturated rings. The molecule has 0 bridgehead atoms. The molecule has 2 aromatic heterocycles. The number of para-hydroxylation sites is 1. The van der Waals surface area contributed by atoms with Crippen molar-refractivity contribution in [2.45, 2.75) is 6.54 Å². The van der Waals surface area contributed by atoms with Crippen LogP contribution in [-0.4, -0.2) is 25.3 Å². The summed E-state index contributed by atoms with van der Waals surface area (Å²) in [5.41, 5.74) is 1.31. The molecule has 1 N–H and O–H groups in total. The van der Waals surface area contributed by atoms with E-state index in [4.69, 9.17) is 0 Å². The van der Waals surface area contributed by atoms with Gasteiger partial charge in [0.05, 0.1) is 11.4 Å². The molecule has 0 spiro atoms. The fourth-order valence-electron chi connectivity index (χ4n) is 2.70. The first-order valence-corrected chi connectivity index (χ1v) is 9.06. The van der Waals surface area contributed by atoms with Crippen molar-refractivity contribution in [2.75, 3.05) is 5.32 Å². The van der Waals surface area contributed by atoms with Gasteiger partial charge in [-0.2, -0.15) is 10.2 Å². The predicted molar refractivity (Wildman–Crippen MR) is 105 cm³/mol. The van der Waals surface area contributed by atoms with Crippen LogP contribution in [0.1, 0.15) is 0 Å². The van der Waals surface area contributed by atoms with Gasteiger partial charge < -0.3 is 5.32 Å². The van der Waals surface area contributed by atoms with Gasteiger partial charge in [-0.15, -0.1) is 0 Å². The molecule has 0 unspecified atom stereocenters. The van der Waals surface area contributed by atoms with Crippen LogP contribution in [0.5, 0.6) is 0 Å². The Morgan fingerprint density at radius 3 is 2.64 bits per heavy atom. The van der Waals surface area contributed by atoms with Gasteiger partial charge in [-0.3, -0.25) is 9.59 Å². The summed E-state index contributed by atoms with van der Waals surface area (Å²) in [4.78, 5) is 24.8. The highest BCUT2D eigenvalue weighted by atomic mass is 79.9. The first-order chi connectivity index (χ1) is 13.5. The molecule has 0 atom stereocenters. The quantitative estimate of drug-likeness (QED) is 0.527. The Morgan fingerprint density at radius 2 is 1.89 bits per heavy atom. The first-order valence-electron chi connectivity index (χ1n) is 8.27. The number of amides is 1. The number of hydrogen-bond acceptors (Lipinski definition) is 4. The Labute approximate surface area is 166 Å². The van der Waals surface area contributed by atoms with E-state index in [-0.39, 0.29) is 17.7 Å². The van der Waals surface area contributed by atoms with E-state index in [1.54, 1.807) is 12.1 Å². The minimum Gasteiger partial charge on any atom is -0.322 e.